The zero-order chi connectivity index (χ0) is 11.5. The Kier molecular flexibility index (Phi) is 3.05. The molecular weight excluding hydrogens is 224 g/mol. The number of carbonyl (C=O) groups is 1. The summed E-state index contributed by atoms with van der Waals surface area (Å²) in [7, 11) is 3.24. The molecule has 0 aliphatic carbocycles. The van der Waals surface area contributed by atoms with E-state index in [0.717, 1.165) is 20.9 Å². The van der Waals surface area contributed by atoms with E-state index in [9.17, 15) is 4.79 Å². The summed E-state index contributed by atoms with van der Waals surface area (Å²) in [5.74, 6) is -0.224. The summed E-state index contributed by atoms with van der Waals surface area (Å²) in [5, 5.41) is 3.88. The van der Waals surface area contributed by atoms with E-state index in [0.29, 0.717) is 6.42 Å². The molecular formula is C11H12N2O2S. The number of esters is 1. The van der Waals surface area contributed by atoms with Crippen LogP contribution in [0.5, 0.6) is 0 Å². The quantitative estimate of drug-likeness (QED) is 0.829. The fraction of sp³-hybridized carbons (Fsp3) is 0.273. The van der Waals surface area contributed by atoms with Gasteiger partial charge in [0, 0.05) is 7.05 Å². The molecule has 0 saturated heterocycles. The molecule has 1 aromatic heterocycles. The molecule has 0 aliphatic heterocycles. The van der Waals surface area contributed by atoms with Gasteiger partial charge in [-0.15, -0.1) is 0 Å². The van der Waals surface area contributed by atoms with Gasteiger partial charge in [0.05, 0.1) is 23.7 Å². The summed E-state index contributed by atoms with van der Waals surface area (Å²) in [5.41, 5.74) is 1.90. The average Bonchev–Trinajstić information content (AvgIpc) is 2.71. The predicted octanol–water partition coefficient (Wildman–Crippen LogP) is 2.05. The lowest BCUT2D eigenvalue weighted by molar-refractivity contribution is -0.139. The molecule has 0 aliphatic rings. The average molecular weight is 236 g/mol. The summed E-state index contributed by atoms with van der Waals surface area (Å²) >= 11 is 1.57. The SMILES string of the molecule is CNc1nc2ccc(CC(=O)OC)cc2s1. The highest BCUT2D eigenvalue weighted by molar-refractivity contribution is 7.22. The fourth-order valence-corrected chi connectivity index (χ4v) is 2.31. The Morgan fingerprint density at radius 1 is 1.56 bits per heavy atom. The van der Waals surface area contributed by atoms with Crippen LogP contribution in [0.1, 0.15) is 5.56 Å². The van der Waals surface area contributed by atoms with Gasteiger partial charge < -0.3 is 10.1 Å². The minimum Gasteiger partial charge on any atom is -0.469 e. The second-order valence-corrected chi connectivity index (χ2v) is 4.35. The molecule has 5 heteroatoms. The standard InChI is InChI=1S/C11H12N2O2S/c1-12-11-13-8-4-3-7(5-9(8)16-11)6-10(14)15-2/h3-5H,6H2,1-2H3,(H,12,13). The Balaban J connectivity index is 2.32. The first kappa shape index (κ1) is 10.9. The van der Waals surface area contributed by atoms with Gasteiger partial charge in [-0.3, -0.25) is 4.79 Å². The number of rotatable bonds is 3. The van der Waals surface area contributed by atoms with Crippen molar-refractivity contribution < 1.29 is 9.53 Å². The van der Waals surface area contributed by atoms with Crippen molar-refractivity contribution in [2.45, 2.75) is 6.42 Å². The van der Waals surface area contributed by atoms with Crippen LogP contribution in [0.3, 0.4) is 0 Å². The Hall–Kier alpha value is -1.62. The normalized spacial score (nSPS) is 10.4. The second kappa shape index (κ2) is 4.49. The van der Waals surface area contributed by atoms with Crippen LogP contribution in [0.15, 0.2) is 18.2 Å². The van der Waals surface area contributed by atoms with Crippen LogP contribution in [0.25, 0.3) is 10.2 Å². The molecule has 4 nitrogen and oxygen atoms in total. The third-order valence-electron chi connectivity index (χ3n) is 2.24. The molecule has 0 saturated carbocycles. The van der Waals surface area contributed by atoms with Gasteiger partial charge in [0.2, 0.25) is 0 Å². The smallest absolute Gasteiger partial charge is 0.309 e. The first-order valence-electron chi connectivity index (χ1n) is 4.87. The Morgan fingerprint density at radius 2 is 2.38 bits per heavy atom. The lowest BCUT2D eigenvalue weighted by Gasteiger charge is -1.98. The molecule has 84 valence electrons. The van der Waals surface area contributed by atoms with Gasteiger partial charge in [0.25, 0.3) is 0 Å². The summed E-state index contributed by atoms with van der Waals surface area (Å²) in [4.78, 5) is 15.5. The summed E-state index contributed by atoms with van der Waals surface area (Å²) in [6.07, 6.45) is 0.305. The molecule has 0 bridgehead atoms. The molecule has 0 spiro atoms. The van der Waals surface area contributed by atoms with Crippen LogP contribution in [-0.4, -0.2) is 25.1 Å². The summed E-state index contributed by atoms with van der Waals surface area (Å²) in [6.45, 7) is 0. The van der Waals surface area contributed by atoms with Gasteiger partial charge in [-0.05, 0) is 17.7 Å². The van der Waals surface area contributed by atoms with Crippen molar-refractivity contribution in [2.24, 2.45) is 0 Å². The second-order valence-electron chi connectivity index (χ2n) is 3.32. The van der Waals surface area contributed by atoms with Crippen molar-refractivity contribution in [3.05, 3.63) is 23.8 Å². The maximum Gasteiger partial charge on any atom is 0.309 e. The van der Waals surface area contributed by atoms with E-state index in [-0.39, 0.29) is 5.97 Å². The van der Waals surface area contributed by atoms with E-state index in [2.05, 4.69) is 15.0 Å². The van der Waals surface area contributed by atoms with Gasteiger partial charge in [-0.2, -0.15) is 0 Å². The molecule has 0 radical (unpaired) electrons. The lowest BCUT2D eigenvalue weighted by atomic mass is 10.1. The zero-order valence-electron chi connectivity index (χ0n) is 9.11. The van der Waals surface area contributed by atoms with E-state index in [4.69, 9.17) is 0 Å². The van der Waals surface area contributed by atoms with E-state index in [1.807, 2.05) is 25.2 Å². The van der Waals surface area contributed by atoms with Crippen LogP contribution < -0.4 is 5.32 Å². The number of nitrogens with zero attached hydrogens (tertiary/aromatic N) is 1. The number of thiazole rings is 1. The number of hydrogen-bond donors (Lipinski definition) is 1. The highest BCUT2D eigenvalue weighted by atomic mass is 32.1. The highest BCUT2D eigenvalue weighted by Gasteiger charge is 2.06. The number of nitrogens with one attached hydrogen (secondary N) is 1. The van der Waals surface area contributed by atoms with E-state index < -0.39 is 0 Å². The monoisotopic (exact) mass is 236 g/mol. The largest absolute Gasteiger partial charge is 0.469 e. The van der Waals surface area contributed by atoms with Crippen molar-refractivity contribution in [3.8, 4) is 0 Å². The Morgan fingerprint density at radius 3 is 3.06 bits per heavy atom. The molecule has 1 heterocycles. The number of anilines is 1. The number of carbonyl (C=O) groups excluding carboxylic acids is 1. The first-order valence-corrected chi connectivity index (χ1v) is 5.68. The van der Waals surface area contributed by atoms with Gasteiger partial charge in [-0.25, -0.2) is 4.98 Å². The van der Waals surface area contributed by atoms with Crippen molar-refractivity contribution >= 4 is 32.7 Å². The maximum atomic E-state index is 11.1. The van der Waals surface area contributed by atoms with Crippen LogP contribution in [0, 0.1) is 0 Å². The van der Waals surface area contributed by atoms with Crippen molar-refractivity contribution in [2.75, 3.05) is 19.5 Å². The van der Waals surface area contributed by atoms with Gasteiger partial charge in [-0.1, -0.05) is 17.4 Å². The molecule has 0 fully saturated rings. The number of aromatic nitrogens is 1. The number of benzene rings is 1. The van der Waals surface area contributed by atoms with Crippen LogP contribution in [0.2, 0.25) is 0 Å². The van der Waals surface area contributed by atoms with Crippen LogP contribution in [-0.2, 0) is 16.0 Å². The molecule has 1 N–H and O–H groups in total. The highest BCUT2D eigenvalue weighted by Crippen LogP contribution is 2.26. The van der Waals surface area contributed by atoms with Gasteiger partial charge in [0.15, 0.2) is 5.13 Å². The van der Waals surface area contributed by atoms with Crippen molar-refractivity contribution in [1.29, 1.82) is 0 Å². The first-order chi connectivity index (χ1) is 7.72. The zero-order valence-corrected chi connectivity index (χ0v) is 9.93. The fourth-order valence-electron chi connectivity index (χ4n) is 1.42. The number of methoxy groups -OCH3 is 1. The predicted molar refractivity (Wildman–Crippen MR) is 64.9 cm³/mol. The minimum absolute atomic E-state index is 0.224. The molecule has 16 heavy (non-hydrogen) atoms. The van der Waals surface area contributed by atoms with Crippen LogP contribution in [0.4, 0.5) is 5.13 Å². The maximum absolute atomic E-state index is 11.1. The lowest BCUT2D eigenvalue weighted by Crippen LogP contribution is -2.03. The molecule has 0 atom stereocenters. The third kappa shape index (κ3) is 2.14. The van der Waals surface area contributed by atoms with Crippen molar-refractivity contribution in [3.63, 3.8) is 0 Å². The summed E-state index contributed by atoms with van der Waals surface area (Å²) in [6, 6.07) is 5.80. The topological polar surface area (TPSA) is 51.2 Å². The molecule has 2 aromatic rings. The number of fused-ring (bicyclic) bond motifs is 1. The Labute approximate surface area is 97.3 Å². The van der Waals surface area contributed by atoms with E-state index in [1.54, 1.807) is 11.3 Å². The number of ether oxygens (including phenoxy) is 1. The molecule has 2 rings (SSSR count). The Bertz CT molecular complexity index is 522. The molecule has 0 amide bonds. The van der Waals surface area contributed by atoms with Gasteiger partial charge >= 0.3 is 5.97 Å². The molecule has 0 unspecified atom stereocenters. The van der Waals surface area contributed by atoms with Gasteiger partial charge in [0.1, 0.15) is 0 Å². The molecule has 1 aromatic carbocycles. The van der Waals surface area contributed by atoms with Crippen LogP contribution >= 0.6 is 11.3 Å². The third-order valence-corrected chi connectivity index (χ3v) is 3.28. The minimum atomic E-state index is -0.224. The van der Waals surface area contributed by atoms with E-state index in [1.165, 1.54) is 7.11 Å². The summed E-state index contributed by atoms with van der Waals surface area (Å²) < 4.78 is 5.70. The van der Waals surface area contributed by atoms with E-state index >= 15 is 0 Å². The number of hydrogen-bond acceptors (Lipinski definition) is 5. The van der Waals surface area contributed by atoms with Crippen molar-refractivity contribution in [1.82, 2.24) is 4.98 Å².